The van der Waals surface area contributed by atoms with Gasteiger partial charge in [0.05, 0.1) is 25.6 Å². The molecule has 0 amide bonds. The molecule has 6 heteroatoms. The number of imidazole rings is 1. The Labute approximate surface area is 105 Å². The maximum atomic E-state index is 12.6. The van der Waals surface area contributed by atoms with Crippen molar-refractivity contribution in [3.8, 4) is 0 Å². The van der Waals surface area contributed by atoms with Crippen LogP contribution in [0.2, 0.25) is 0 Å². The summed E-state index contributed by atoms with van der Waals surface area (Å²) < 4.78 is 31.5. The number of ether oxygens (including phenoxy) is 1. The second-order valence-corrected chi connectivity index (χ2v) is 4.35. The Morgan fingerprint density at radius 2 is 2.28 bits per heavy atom. The summed E-state index contributed by atoms with van der Waals surface area (Å²) in [4.78, 5) is 15.0. The normalized spacial score (nSPS) is 11.6. The molecule has 1 aromatic rings. The summed E-state index contributed by atoms with van der Waals surface area (Å²) in [5, 5.41) is 0. The Hall–Kier alpha value is -1.46. The van der Waals surface area contributed by atoms with E-state index in [-0.39, 0.29) is 18.8 Å². The molecule has 18 heavy (non-hydrogen) atoms. The van der Waals surface area contributed by atoms with Gasteiger partial charge in [-0.15, -0.1) is 0 Å². The van der Waals surface area contributed by atoms with Crippen LogP contribution >= 0.6 is 0 Å². The van der Waals surface area contributed by atoms with Crippen molar-refractivity contribution in [2.75, 3.05) is 7.11 Å². The van der Waals surface area contributed by atoms with Gasteiger partial charge in [0, 0.05) is 25.6 Å². The third kappa shape index (κ3) is 5.75. The van der Waals surface area contributed by atoms with E-state index in [2.05, 4.69) is 9.72 Å². The molecule has 1 heterocycles. The van der Waals surface area contributed by atoms with Gasteiger partial charge in [0.15, 0.2) is 0 Å². The standard InChI is InChI=1S/C12H18F2N2O2/c1-12(13,14)6-3-7-16-8-10(15-9-16)4-5-11(17)18-2/h8-9H,3-7H2,1-2H3. The molecule has 0 aliphatic rings. The summed E-state index contributed by atoms with van der Waals surface area (Å²) >= 11 is 0. The Morgan fingerprint density at radius 3 is 2.89 bits per heavy atom. The average Bonchev–Trinajstić information content (AvgIpc) is 2.72. The molecule has 0 N–H and O–H groups in total. The van der Waals surface area contributed by atoms with Crippen LogP contribution in [0.25, 0.3) is 0 Å². The molecule has 4 nitrogen and oxygen atoms in total. The van der Waals surface area contributed by atoms with Crippen LogP contribution in [-0.4, -0.2) is 28.6 Å². The zero-order valence-corrected chi connectivity index (χ0v) is 10.7. The van der Waals surface area contributed by atoms with Gasteiger partial charge in [0.25, 0.3) is 0 Å². The second kappa shape index (κ2) is 6.47. The summed E-state index contributed by atoms with van der Waals surface area (Å²) in [6.45, 7) is 1.43. The van der Waals surface area contributed by atoms with Crippen LogP contribution in [0.4, 0.5) is 8.78 Å². The number of carbonyl (C=O) groups excluding carboxylic acids is 1. The SMILES string of the molecule is COC(=O)CCc1cn(CCCC(C)(F)F)cn1. The third-order valence-electron chi connectivity index (χ3n) is 2.53. The van der Waals surface area contributed by atoms with Gasteiger partial charge < -0.3 is 9.30 Å². The van der Waals surface area contributed by atoms with Crippen LogP contribution in [0.15, 0.2) is 12.5 Å². The summed E-state index contributed by atoms with van der Waals surface area (Å²) in [5.41, 5.74) is 0.767. The highest BCUT2D eigenvalue weighted by atomic mass is 19.3. The number of nitrogens with zero attached hydrogens (tertiary/aromatic N) is 2. The van der Waals surface area contributed by atoms with E-state index < -0.39 is 5.92 Å². The van der Waals surface area contributed by atoms with E-state index in [1.807, 2.05) is 0 Å². The quantitative estimate of drug-likeness (QED) is 0.707. The van der Waals surface area contributed by atoms with Crippen molar-refractivity contribution in [3.05, 3.63) is 18.2 Å². The lowest BCUT2D eigenvalue weighted by molar-refractivity contribution is -0.140. The molecular weight excluding hydrogens is 242 g/mol. The number of hydrogen-bond acceptors (Lipinski definition) is 3. The number of halogens is 2. The summed E-state index contributed by atoms with van der Waals surface area (Å²) in [7, 11) is 1.34. The van der Waals surface area contributed by atoms with Gasteiger partial charge in [-0.3, -0.25) is 4.79 Å². The molecule has 0 unspecified atom stereocenters. The molecule has 0 saturated heterocycles. The van der Waals surface area contributed by atoms with Crippen molar-refractivity contribution in [2.24, 2.45) is 0 Å². The first-order valence-corrected chi connectivity index (χ1v) is 5.86. The van der Waals surface area contributed by atoms with Gasteiger partial charge >= 0.3 is 5.97 Å². The average molecular weight is 260 g/mol. The Kier molecular flexibility index (Phi) is 5.25. The topological polar surface area (TPSA) is 44.1 Å². The predicted molar refractivity (Wildman–Crippen MR) is 62.4 cm³/mol. The van der Waals surface area contributed by atoms with E-state index in [0.717, 1.165) is 12.6 Å². The number of rotatable bonds is 7. The molecule has 0 saturated carbocycles. The monoisotopic (exact) mass is 260 g/mol. The van der Waals surface area contributed by atoms with Crippen LogP contribution in [0.5, 0.6) is 0 Å². The number of esters is 1. The van der Waals surface area contributed by atoms with Crippen LogP contribution in [0.3, 0.4) is 0 Å². The van der Waals surface area contributed by atoms with Gasteiger partial charge in [-0.1, -0.05) is 0 Å². The van der Waals surface area contributed by atoms with Crippen molar-refractivity contribution < 1.29 is 18.3 Å². The molecule has 1 rings (SSSR count). The van der Waals surface area contributed by atoms with Crippen LogP contribution in [0.1, 0.15) is 31.9 Å². The summed E-state index contributed by atoms with van der Waals surface area (Å²) in [6.07, 6.45) is 4.42. The first-order chi connectivity index (χ1) is 8.40. The Bertz CT molecular complexity index is 386. The maximum absolute atomic E-state index is 12.6. The van der Waals surface area contributed by atoms with E-state index in [0.29, 0.717) is 19.4 Å². The van der Waals surface area contributed by atoms with Gasteiger partial charge in [-0.05, 0) is 13.3 Å². The molecule has 0 aliphatic heterocycles. The minimum absolute atomic E-state index is 0.136. The highest BCUT2D eigenvalue weighted by Crippen LogP contribution is 2.19. The van der Waals surface area contributed by atoms with E-state index in [9.17, 15) is 13.6 Å². The van der Waals surface area contributed by atoms with E-state index in [1.165, 1.54) is 7.11 Å². The minimum Gasteiger partial charge on any atom is -0.469 e. The van der Waals surface area contributed by atoms with Crippen LogP contribution in [0, 0.1) is 0 Å². The molecule has 0 aliphatic carbocycles. The third-order valence-corrected chi connectivity index (χ3v) is 2.53. The molecular formula is C12H18F2N2O2. The highest BCUT2D eigenvalue weighted by molar-refractivity contribution is 5.69. The lowest BCUT2D eigenvalue weighted by atomic mass is 10.2. The maximum Gasteiger partial charge on any atom is 0.305 e. The van der Waals surface area contributed by atoms with E-state index >= 15 is 0 Å². The molecule has 0 aromatic carbocycles. The fraction of sp³-hybridized carbons (Fsp3) is 0.667. The number of aromatic nitrogens is 2. The highest BCUT2D eigenvalue weighted by Gasteiger charge is 2.19. The van der Waals surface area contributed by atoms with Gasteiger partial charge in [0.2, 0.25) is 5.92 Å². The zero-order chi connectivity index (χ0) is 13.6. The van der Waals surface area contributed by atoms with Crippen molar-refractivity contribution in [2.45, 2.75) is 45.1 Å². The minimum atomic E-state index is -2.62. The summed E-state index contributed by atoms with van der Waals surface area (Å²) in [5.74, 6) is -2.90. The number of hydrogen-bond donors (Lipinski definition) is 0. The van der Waals surface area contributed by atoms with Gasteiger partial charge in [-0.2, -0.15) is 0 Å². The largest absolute Gasteiger partial charge is 0.469 e. The van der Waals surface area contributed by atoms with E-state index in [4.69, 9.17) is 0 Å². The number of methoxy groups -OCH3 is 1. The first-order valence-electron chi connectivity index (χ1n) is 5.86. The van der Waals surface area contributed by atoms with Crippen LogP contribution < -0.4 is 0 Å². The van der Waals surface area contributed by atoms with Crippen molar-refractivity contribution in [3.63, 3.8) is 0 Å². The van der Waals surface area contributed by atoms with Crippen molar-refractivity contribution in [1.29, 1.82) is 0 Å². The Morgan fingerprint density at radius 1 is 1.56 bits per heavy atom. The predicted octanol–water partition coefficient (Wildman–Crippen LogP) is 2.42. The van der Waals surface area contributed by atoms with E-state index in [1.54, 1.807) is 17.1 Å². The zero-order valence-electron chi connectivity index (χ0n) is 10.7. The van der Waals surface area contributed by atoms with Crippen molar-refractivity contribution in [1.82, 2.24) is 9.55 Å². The number of aryl methyl sites for hydroxylation is 2. The van der Waals surface area contributed by atoms with Gasteiger partial charge in [0.1, 0.15) is 0 Å². The molecule has 0 bridgehead atoms. The van der Waals surface area contributed by atoms with Crippen molar-refractivity contribution >= 4 is 5.97 Å². The lowest BCUT2D eigenvalue weighted by Crippen LogP contribution is -2.10. The number of alkyl halides is 2. The molecule has 0 atom stereocenters. The lowest BCUT2D eigenvalue weighted by Gasteiger charge is -2.09. The molecule has 0 spiro atoms. The molecule has 0 radical (unpaired) electrons. The number of carbonyl (C=O) groups is 1. The smallest absolute Gasteiger partial charge is 0.305 e. The fourth-order valence-electron chi connectivity index (χ4n) is 1.56. The molecule has 102 valence electrons. The Balaban J connectivity index is 2.32. The molecule has 1 aromatic heterocycles. The van der Waals surface area contributed by atoms with Crippen LogP contribution in [-0.2, 0) is 22.5 Å². The molecule has 0 fully saturated rings. The first kappa shape index (κ1) is 14.6. The van der Waals surface area contributed by atoms with Gasteiger partial charge in [-0.25, -0.2) is 13.8 Å². The fourth-order valence-corrected chi connectivity index (χ4v) is 1.56. The second-order valence-electron chi connectivity index (χ2n) is 4.35. The summed E-state index contributed by atoms with van der Waals surface area (Å²) in [6, 6.07) is 0.